The van der Waals surface area contributed by atoms with Gasteiger partial charge in [0.2, 0.25) is 0 Å². The highest BCUT2D eigenvalue weighted by Gasteiger charge is 2.30. The molecular formula is C16H22N2O4. The molecule has 0 unspecified atom stereocenters. The Balaban J connectivity index is 1.51. The molecule has 3 rings (SSSR count). The van der Waals surface area contributed by atoms with E-state index in [0.717, 1.165) is 39.1 Å². The molecular weight excluding hydrogens is 284 g/mol. The van der Waals surface area contributed by atoms with Crippen molar-refractivity contribution in [2.45, 2.75) is 25.3 Å². The van der Waals surface area contributed by atoms with Crippen molar-refractivity contribution in [3.63, 3.8) is 0 Å². The molecule has 2 aliphatic rings. The first-order chi connectivity index (χ1) is 10.7. The van der Waals surface area contributed by atoms with Crippen molar-refractivity contribution >= 4 is 5.69 Å². The van der Waals surface area contributed by atoms with E-state index in [1.54, 1.807) is 18.2 Å². The Kier molecular flexibility index (Phi) is 4.90. The number of nitrogens with zero attached hydrogens (tertiary/aromatic N) is 2. The first kappa shape index (κ1) is 15.2. The average Bonchev–Trinajstić information content (AvgIpc) is 3.03. The van der Waals surface area contributed by atoms with Crippen LogP contribution in [0, 0.1) is 16.0 Å². The number of benzene rings is 1. The zero-order chi connectivity index (χ0) is 15.4. The second-order valence-corrected chi connectivity index (χ2v) is 6.02. The molecule has 22 heavy (non-hydrogen) atoms. The monoisotopic (exact) mass is 306 g/mol. The van der Waals surface area contributed by atoms with Gasteiger partial charge in [-0.25, -0.2) is 0 Å². The quantitative estimate of drug-likeness (QED) is 0.617. The van der Waals surface area contributed by atoms with Crippen LogP contribution in [-0.2, 0) is 4.74 Å². The number of nitro groups is 1. The number of ether oxygens (including phenoxy) is 2. The van der Waals surface area contributed by atoms with Crippen LogP contribution >= 0.6 is 0 Å². The first-order valence-corrected chi connectivity index (χ1v) is 7.92. The van der Waals surface area contributed by atoms with Crippen LogP contribution in [0.15, 0.2) is 24.3 Å². The summed E-state index contributed by atoms with van der Waals surface area (Å²) in [5.74, 6) is 0.856. The van der Waals surface area contributed by atoms with E-state index in [2.05, 4.69) is 4.90 Å². The Hall–Kier alpha value is -1.66. The van der Waals surface area contributed by atoms with Gasteiger partial charge in [0.15, 0.2) is 5.75 Å². The van der Waals surface area contributed by atoms with Crippen molar-refractivity contribution in [1.29, 1.82) is 0 Å². The molecule has 1 aliphatic heterocycles. The maximum Gasteiger partial charge on any atom is 0.310 e. The van der Waals surface area contributed by atoms with Crippen LogP contribution in [-0.4, -0.2) is 48.8 Å². The summed E-state index contributed by atoms with van der Waals surface area (Å²) in [5.41, 5.74) is 0.0465. The van der Waals surface area contributed by atoms with Gasteiger partial charge in [0.05, 0.1) is 24.7 Å². The molecule has 6 heteroatoms. The second kappa shape index (κ2) is 7.07. The molecule has 1 saturated carbocycles. The fourth-order valence-electron chi connectivity index (χ4n) is 3.41. The molecule has 1 heterocycles. The van der Waals surface area contributed by atoms with Gasteiger partial charge in [0, 0.05) is 25.2 Å². The molecule has 0 N–H and O–H groups in total. The number of rotatable bonds is 5. The molecule has 1 aromatic carbocycles. The van der Waals surface area contributed by atoms with E-state index in [4.69, 9.17) is 9.47 Å². The molecule has 6 nitrogen and oxygen atoms in total. The number of hydrogen-bond donors (Lipinski definition) is 0. The lowest BCUT2D eigenvalue weighted by atomic mass is 10.1. The predicted molar refractivity (Wildman–Crippen MR) is 82.1 cm³/mol. The minimum Gasteiger partial charge on any atom is -0.487 e. The SMILES string of the molecule is O=[N+]([O-])c1ccccc1OC[C@H]1CC[C@@H](N2CCOCC2)C1. The molecule has 2 atom stereocenters. The van der Waals surface area contributed by atoms with Gasteiger partial charge in [-0.15, -0.1) is 0 Å². The Morgan fingerprint density at radius 1 is 1.27 bits per heavy atom. The van der Waals surface area contributed by atoms with Crippen molar-refractivity contribution in [2.75, 3.05) is 32.9 Å². The van der Waals surface area contributed by atoms with Crippen molar-refractivity contribution in [3.05, 3.63) is 34.4 Å². The van der Waals surface area contributed by atoms with Crippen LogP contribution < -0.4 is 4.74 Å². The molecule has 120 valence electrons. The molecule has 0 amide bonds. The van der Waals surface area contributed by atoms with Gasteiger partial charge >= 0.3 is 5.69 Å². The summed E-state index contributed by atoms with van der Waals surface area (Å²) >= 11 is 0. The van der Waals surface area contributed by atoms with E-state index < -0.39 is 0 Å². The van der Waals surface area contributed by atoms with E-state index in [9.17, 15) is 10.1 Å². The van der Waals surface area contributed by atoms with E-state index in [0.29, 0.717) is 24.3 Å². The average molecular weight is 306 g/mol. The van der Waals surface area contributed by atoms with Crippen LogP contribution in [0.5, 0.6) is 5.75 Å². The molecule has 0 bridgehead atoms. The third-order valence-electron chi connectivity index (χ3n) is 4.61. The molecule has 2 fully saturated rings. The van der Waals surface area contributed by atoms with Gasteiger partial charge in [-0.2, -0.15) is 0 Å². The van der Waals surface area contributed by atoms with Gasteiger partial charge in [-0.3, -0.25) is 15.0 Å². The fraction of sp³-hybridized carbons (Fsp3) is 0.625. The summed E-state index contributed by atoms with van der Waals surface area (Å²) < 4.78 is 11.1. The highest BCUT2D eigenvalue weighted by atomic mass is 16.6. The summed E-state index contributed by atoms with van der Waals surface area (Å²) in [5, 5.41) is 11.0. The number of morpholine rings is 1. The zero-order valence-corrected chi connectivity index (χ0v) is 12.6. The largest absolute Gasteiger partial charge is 0.487 e. The lowest BCUT2D eigenvalue weighted by Crippen LogP contribution is -2.42. The number of para-hydroxylation sites is 2. The lowest BCUT2D eigenvalue weighted by molar-refractivity contribution is -0.385. The molecule has 1 saturated heterocycles. The van der Waals surface area contributed by atoms with Crippen molar-refractivity contribution in [2.24, 2.45) is 5.92 Å². The maximum absolute atomic E-state index is 11.0. The van der Waals surface area contributed by atoms with Gasteiger partial charge in [0.25, 0.3) is 0 Å². The Morgan fingerprint density at radius 2 is 2.05 bits per heavy atom. The zero-order valence-electron chi connectivity index (χ0n) is 12.6. The highest BCUT2D eigenvalue weighted by molar-refractivity contribution is 5.45. The smallest absolute Gasteiger partial charge is 0.310 e. The third-order valence-corrected chi connectivity index (χ3v) is 4.61. The molecule has 0 radical (unpaired) electrons. The number of nitro benzene ring substituents is 1. The Morgan fingerprint density at radius 3 is 2.82 bits per heavy atom. The minimum atomic E-state index is -0.388. The minimum absolute atomic E-state index is 0.0465. The first-order valence-electron chi connectivity index (χ1n) is 7.92. The highest BCUT2D eigenvalue weighted by Crippen LogP contribution is 2.32. The van der Waals surface area contributed by atoms with Crippen molar-refractivity contribution in [1.82, 2.24) is 4.90 Å². The van der Waals surface area contributed by atoms with E-state index in [1.165, 1.54) is 12.5 Å². The van der Waals surface area contributed by atoms with Crippen molar-refractivity contribution in [3.8, 4) is 5.75 Å². The molecule has 1 aromatic rings. The van der Waals surface area contributed by atoms with Crippen LogP contribution in [0.4, 0.5) is 5.69 Å². The fourth-order valence-corrected chi connectivity index (χ4v) is 3.41. The van der Waals surface area contributed by atoms with Crippen LogP contribution in [0.25, 0.3) is 0 Å². The second-order valence-electron chi connectivity index (χ2n) is 6.02. The summed E-state index contributed by atoms with van der Waals surface area (Å²) in [7, 11) is 0. The lowest BCUT2D eigenvalue weighted by Gasteiger charge is -2.32. The van der Waals surface area contributed by atoms with E-state index in [1.807, 2.05) is 0 Å². The Labute approximate surface area is 130 Å². The summed E-state index contributed by atoms with van der Waals surface area (Å²) in [6, 6.07) is 7.21. The van der Waals surface area contributed by atoms with Crippen LogP contribution in [0.1, 0.15) is 19.3 Å². The molecule has 1 aliphatic carbocycles. The van der Waals surface area contributed by atoms with Gasteiger partial charge < -0.3 is 9.47 Å². The van der Waals surface area contributed by atoms with Gasteiger partial charge in [0.1, 0.15) is 0 Å². The predicted octanol–water partition coefficient (Wildman–Crippen LogP) is 2.47. The summed E-state index contributed by atoms with van der Waals surface area (Å²) in [4.78, 5) is 13.1. The molecule has 0 aromatic heterocycles. The van der Waals surface area contributed by atoms with E-state index >= 15 is 0 Å². The standard InChI is InChI=1S/C16H22N2O4/c19-18(20)15-3-1-2-4-16(15)22-12-13-5-6-14(11-13)17-7-9-21-10-8-17/h1-4,13-14H,5-12H2/t13-,14+/m0/s1. The van der Waals surface area contributed by atoms with E-state index in [-0.39, 0.29) is 10.6 Å². The normalized spacial score (nSPS) is 26.0. The van der Waals surface area contributed by atoms with Gasteiger partial charge in [-0.1, -0.05) is 12.1 Å². The number of hydrogen-bond acceptors (Lipinski definition) is 5. The molecule has 0 spiro atoms. The van der Waals surface area contributed by atoms with Crippen LogP contribution in [0.2, 0.25) is 0 Å². The van der Waals surface area contributed by atoms with Crippen molar-refractivity contribution < 1.29 is 14.4 Å². The topological polar surface area (TPSA) is 64.8 Å². The summed E-state index contributed by atoms with van der Waals surface area (Å²) in [6.45, 7) is 4.25. The van der Waals surface area contributed by atoms with Gasteiger partial charge in [-0.05, 0) is 31.2 Å². The third kappa shape index (κ3) is 3.56. The Bertz CT molecular complexity index is 517. The van der Waals surface area contributed by atoms with Crippen LogP contribution in [0.3, 0.4) is 0 Å². The summed E-state index contributed by atoms with van der Waals surface area (Å²) in [6.07, 6.45) is 3.42. The maximum atomic E-state index is 11.0.